The molecule has 5 rings (SSSR count). The summed E-state index contributed by atoms with van der Waals surface area (Å²) in [6.45, 7) is 4.46. The van der Waals surface area contributed by atoms with Gasteiger partial charge in [-0.25, -0.2) is 0 Å². The molecular formula is C27H32N2O5S. The molecule has 1 aromatic carbocycles. The van der Waals surface area contributed by atoms with E-state index in [1.807, 2.05) is 66.5 Å². The minimum Gasteiger partial charge on any atom is -0.461 e. The first kappa shape index (κ1) is 24.1. The Morgan fingerprint density at radius 1 is 1.17 bits per heavy atom. The van der Waals surface area contributed by atoms with Gasteiger partial charge in [0.25, 0.3) is 0 Å². The van der Waals surface area contributed by atoms with Crippen molar-refractivity contribution in [3.05, 3.63) is 60.2 Å². The number of carbonyl (C=O) groups is 3. The second-order valence-electron chi connectivity index (χ2n) is 9.79. The number of likely N-dealkylation sites (tertiary alicyclic amines) is 1. The molecule has 0 aliphatic carbocycles. The van der Waals surface area contributed by atoms with Crippen molar-refractivity contribution in [2.24, 2.45) is 11.8 Å². The van der Waals surface area contributed by atoms with E-state index in [1.165, 1.54) is 11.8 Å². The number of rotatable bonds is 6. The first-order chi connectivity index (χ1) is 16.9. The van der Waals surface area contributed by atoms with Crippen molar-refractivity contribution >= 4 is 29.5 Å². The molecule has 0 bridgehead atoms. The van der Waals surface area contributed by atoms with Crippen molar-refractivity contribution in [2.75, 3.05) is 19.8 Å². The van der Waals surface area contributed by atoms with Crippen LogP contribution in [-0.4, -0.2) is 74.5 Å². The molecule has 35 heavy (non-hydrogen) atoms. The van der Waals surface area contributed by atoms with Gasteiger partial charge in [-0.1, -0.05) is 68.0 Å². The third kappa shape index (κ3) is 3.73. The fourth-order valence-electron chi connectivity index (χ4n) is 6.26. The van der Waals surface area contributed by atoms with E-state index in [2.05, 4.69) is 6.92 Å². The highest BCUT2D eigenvalue weighted by molar-refractivity contribution is 8.02. The predicted octanol–water partition coefficient (Wildman–Crippen LogP) is 2.72. The summed E-state index contributed by atoms with van der Waals surface area (Å²) in [6, 6.07) is 7.82. The highest BCUT2D eigenvalue weighted by Gasteiger charge is 2.72. The van der Waals surface area contributed by atoms with Crippen LogP contribution in [0.1, 0.15) is 38.3 Å². The monoisotopic (exact) mass is 496 g/mol. The molecule has 8 heteroatoms. The molecule has 0 radical (unpaired) electrons. The Kier molecular flexibility index (Phi) is 6.53. The zero-order valence-corrected chi connectivity index (χ0v) is 20.9. The average Bonchev–Trinajstić information content (AvgIpc) is 3.15. The van der Waals surface area contributed by atoms with Crippen LogP contribution in [-0.2, 0) is 19.1 Å². The molecule has 4 heterocycles. The summed E-state index contributed by atoms with van der Waals surface area (Å²) in [5, 5.41) is 10.3. The number of thioether (sulfide) groups is 1. The highest BCUT2D eigenvalue weighted by atomic mass is 32.2. The topological polar surface area (TPSA) is 87.2 Å². The molecule has 2 fully saturated rings. The molecule has 2 unspecified atom stereocenters. The number of hydrogen-bond donors (Lipinski definition) is 1. The van der Waals surface area contributed by atoms with Crippen LogP contribution in [0.2, 0.25) is 0 Å². The molecular weight excluding hydrogens is 464 g/mol. The van der Waals surface area contributed by atoms with Gasteiger partial charge in [0.15, 0.2) is 0 Å². The number of cyclic esters (lactones) is 1. The average molecular weight is 497 g/mol. The molecule has 1 spiro atoms. The van der Waals surface area contributed by atoms with Crippen LogP contribution < -0.4 is 0 Å². The van der Waals surface area contributed by atoms with Crippen LogP contribution in [0.4, 0.5) is 0 Å². The number of hydrogen-bond acceptors (Lipinski definition) is 6. The molecule has 2 saturated heterocycles. The third-order valence-corrected chi connectivity index (χ3v) is 9.56. The summed E-state index contributed by atoms with van der Waals surface area (Å²) in [6.07, 6.45) is 9.54. The molecule has 1 N–H and O–H groups in total. The lowest BCUT2D eigenvalue weighted by Gasteiger charge is -2.40. The van der Waals surface area contributed by atoms with Crippen LogP contribution in [0.3, 0.4) is 0 Å². The summed E-state index contributed by atoms with van der Waals surface area (Å²) in [5.41, 5.74) is 0.762. The maximum atomic E-state index is 14.3. The van der Waals surface area contributed by atoms with E-state index in [4.69, 9.17) is 4.74 Å². The van der Waals surface area contributed by atoms with Crippen LogP contribution in [0.5, 0.6) is 0 Å². The summed E-state index contributed by atoms with van der Waals surface area (Å²) < 4.78 is 4.52. The molecule has 4 aliphatic rings. The van der Waals surface area contributed by atoms with E-state index in [0.717, 1.165) is 18.4 Å². The highest BCUT2D eigenvalue weighted by Crippen LogP contribution is 2.62. The summed E-state index contributed by atoms with van der Waals surface area (Å²) in [7, 11) is 0. The second kappa shape index (κ2) is 9.47. The lowest BCUT2D eigenvalue weighted by atomic mass is 9.78. The van der Waals surface area contributed by atoms with Crippen molar-refractivity contribution < 1.29 is 24.2 Å². The van der Waals surface area contributed by atoms with E-state index in [0.29, 0.717) is 6.54 Å². The molecule has 7 atom stereocenters. The SMILES string of the molecule is CCCC(C)N1CC=C[C@]23S[C@H]4C=CCOC(=O)[C@H]4[C@H]2C(=O)N([C@H](CO)c2ccccc2)C3C1=O. The lowest BCUT2D eigenvalue weighted by Crippen LogP contribution is -2.55. The zero-order valence-electron chi connectivity index (χ0n) is 20.1. The van der Waals surface area contributed by atoms with E-state index >= 15 is 0 Å². The number of carbonyl (C=O) groups excluding carboxylic acids is 3. The minimum absolute atomic E-state index is 0.00865. The van der Waals surface area contributed by atoms with Crippen molar-refractivity contribution in [3.8, 4) is 0 Å². The Labute approximate surface area is 210 Å². The number of nitrogens with zero attached hydrogens (tertiary/aromatic N) is 2. The maximum Gasteiger partial charge on any atom is 0.311 e. The Morgan fingerprint density at radius 2 is 1.94 bits per heavy atom. The molecule has 7 nitrogen and oxygen atoms in total. The van der Waals surface area contributed by atoms with E-state index in [1.54, 1.807) is 4.90 Å². The molecule has 1 aromatic rings. The second-order valence-corrected chi connectivity index (χ2v) is 11.3. The Morgan fingerprint density at radius 3 is 2.66 bits per heavy atom. The molecule has 4 aliphatic heterocycles. The normalized spacial score (nSPS) is 33.5. The van der Waals surface area contributed by atoms with E-state index in [9.17, 15) is 19.5 Å². The standard InChI is InChI=1S/C27H32N2O5S/c1-3-9-17(2)28-14-8-13-27-22(21-20(35-27)12-7-15-34-26(21)33)24(31)29(23(27)25(28)32)19(16-30)18-10-5-4-6-11-18/h4-8,10-13,17,19-23,30H,3,9,14-16H2,1-2H3/t17?,19-,20+,21-,22+,23?,27+/m1/s1. The predicted molar refractivity (Wildman–Crippen MR) is 133 cm³/mol. The van der Waals surface area contributed by atoms with Gasteiger partial charge in [0.1, 0.15) is 12.6 Å². The van der Waals surface area contributed by atoms with Gasteiger partial charge >= 0.3 is 5.97 Å². The number of benzene rings is 1. The van der Waals surface area contributed by atoms with Crippen molar-refractivity contribution in [2.45, 2.75) is 54.8 Å². The van der Waals surface area contributed by atoms with Crippen molar-refractivity contribution in [1.29, 1.82) is 0 Å². The molecule has 0 saturated carbocycles. The first-order valence-electron chi connectivity index (χ1n) is 12.4. The van der Waals surface area contributed by atoms with Crippen molar-refractivity contribution in [1.82, 2.24) is 9.80 Å². The van der Waals surface area contributed by atoms with Gasteiger partial charge in [-0.2, -0.15) is 0 Å². The summed E-state index contributed by atoms with van der Waals surface area (Å²) in [4.78, 5) is 45.1. The smallest absolute Gasteiger partial charge is 0.311 e. The lowest BCUT2D eigenvalue weighted by molar-refractivity contribution is -0.152. The largest absolute Gasteiger partial charge is 0.461 e. The van der Waals surface area contributed by atoms with Crippen LogP contribution in [0, 0.1) is 11.8 Å². The summed E-state index contributed by atoms with van der Waals surface area (Å²) >= 11 is 1.52. The Hall–Kier alpha value is -2.58. The van der Waals surface area contributed by atoms with Gasteiger partial charge < -0.3 is 19.6 Å². The molecule has 186 valence electrons. The number of ether oxygens (including phenoxy) is 1. The molecule has 0 aromatic heterocycles. The minimum atomic E-state index is -0.910. The van der Waals surface area contributed by atoms with Crippen LogP contribution in [0.15, 0.2) is 54.6 Å². The van der Waals surface area contributed by atoms with E-state index in [-0.39, 0.29) is 36.3 Å². The van der Waals surface area contributed by atoms with Crippen LogP contribution >= 0.6 is 11.8 Å². The first-order valence-corrected chi connectivity index (χ1v) is 13.3. The maximum absolute atomic E-state index is 14.3. The van der Waals surface area contributed by atoms with Crippen LogP contribution in [0.25, 0.3) is 0 Å². The quantitative estimate of drug-likeness (QED) is 0.481. The fraction of sp³-hybridized carbons (Fsp3) is 0.519. The number of esters is 1. The fourth-order valence-corrected chi connectivity index (χ4v) is 8.25. The number of aliphatic hydroxyl groups is 1. The Balaban J connectivity index is 1.66. The van der Waals surface area contributed by atoms with Gasteiger partial charge in [0.05, 0.1) is 29.2 Å². The third-order valence-electron chi connectivity index (χ3n) is 7.81. The Bertz CT molecular complexity index is 1060. The van der Waals surface area contributed by atoms with Gasteiger partial charge in [0.2, 0.25) is 11.8 Å². The van der Waals surface area contributed by atoms with Gasteiger partial charge in [-0.3, -0.25) is 14.4 Å². The van der Waals surface area contributed by atoms with E-state index < -0.39 is 34.6 Å². The van der Waals surface area contributed by atoms with Gasteiger partial charge in [-0.05, 0) is 18.9 Å². The van der Waals surface area contributed by atoms with Gasteiger partial charge in [0, 0.05) is 17.8 Å². The van der Waals surface area contributed by atoms with Crippen molar-refractivity contribution in [3.63, 3.8) is 0 Å². The number of fused-ring (bicyclic) bond motifs is 2. The number of aliphatic hydroxyl groups excluding tert-OH is 1. The summed E-state index contributed by atoms with van der Waals surface area (Å²) in [5.74, 6) is -2.21. The zero-order chi connectivity index (χ0) is 24.7. The molecule has 2 amide bonds. The van der Waals surface area contributed by atoms with Gasteiger partial charge in [-0.15, -0.1) is 11.8 Å². The number of amides is 2.